The van der Waals surface area contributed by atoms with E-state index in [0.717, 1.165) is 5.76 Å². The third-order valence-corrected chi connectivity index (χ3v) is 3.58. The summed E-state index contributed by atoms with van der Waals surface area (Å²) in [5.74, 6) is 1.78. The van der Waals surface area contributed by atoms with Crippen molar-refractivity contribution >= 4 is 5.91 Å². The number of aliphatic hydroxyl groups excluding tert-OH is 1. The van der Waals surface area contributed by atoms with Gasteiger partial charge in [-0.25, -0.2) is 0 Å². The molecule has 0 saturated carbocycles. The molecule has 1 amide bonds. The molecule has 0 saturated heterocycles. The lowest BCUT2D eigenvalue weighted by atomic mass is 9.99. The fraction of sp³-hybridized carbons (Fsp3) is 0.312. The number of carbonyl (C=O) groups excluding carboxylic acids is 1. The van der Waals surface area contributed by atoms with Crippen LogP contribution >= 0.6 is 0 Å². The average Bonchev–Trinajstić information content (AvgIpc) is 2.69. The number of hydrogen-bond donors (Lipinski definition) is 2. The molecule has 5 nitrogen and oxygen atoms in total. The van der Waals surface area contributed by atoms with E-state index in [2.05, 4.69) is 5.32 Å². The molecule has 21 heavy (non-hydrogen) atoms. The van der Waals surface area contributed by atoms with Gasteiger partial charge in [-0.15, -0.1) is 0 Å². The molecule has 0 fully saturated rings. The standard InChI is InChI=1S/C16H17NO4/c1-9-7-12(10(2)21-9)15(18)11-3-4-14-13(8-11)16(19)17-5-6-20-14/h3-4,7-8,15,18H,5-6H2,1-2H3,(H,17,19). The summed E-state index contributed by atoms with van der Waals surface area (Å²) >= 11 is 0. The Bertz CT molecular complexity index is 690. The number of furan rings is 1. The van der Waals surface area contributed by atoms with Crippen LogP contribution < -0.4 is 10.1 Å². The molecule has 110 valence electrons. The van der Waals surface area contributed by atoms with Gasteiger partial charge >= 0.3 is 0 Å². The summed E-state index contributed by atoms with van der Waals surface area (Å²) in [7, 11) is 0. The zero-order valence-electron chi connectivity index (χ0n) is 12.0. The monoisotopic (exact) mass is 287 g/mol. The Morgan fingerprint density at radius 2 is 2.10 bits per heavy atom. The lowest BCUT2D eigenvalue weighted by Crippen LogP contribution is -2.24. The first-order chi connectivity index (χ1) is 10.1. The van der Waals surface area contributed by atoms with Crippen molar-refractivity contribution in [1.82, 2.24) is 5.32 Å². The van der Waals surface area contributed by atoms with Crippen LogP contribution in [0.4, 0.5) is 0 Å². The van der Waals surface area contributed by atoms with E-state index in [0.29, 0.717) is 41.4 Å². The molecule has 1 aromatic carbocycles. The minimum atomic E-state index is -0.830. The molecule has 0 radical (unpaired) electrons. The Morgan fingerprint density at radius 1 is 1.29 bits per heavy atom. The van der Waals surface area contributed by atoms with Gasteiger partial charge in [0.25, 0.3) is 5.91 Å². The maximum atomic E-state index is 12.0. The molecule has 2 heterocycles. The summed E-state index contributed by atoms with van der Waals surface area (Å²) in [4.78, 5) is 12.0. The molecule has 1 atom stereocenters. The van der Waals surface area contributed by atoms with Crippen molar-refractivity contribution in [2.45, 2.75) is 20.0 Å². The van der Waals surface area contributed by atoms with Gasteiger partial charge in [0, 0.05) is 5.56 Å². The molecular formula is C16H17NO4. The van der Waals surface area contributed by atoms with Crippen molar-refractivity contribution in [1.29, 1.82) is 0 Å². The molecule has 1 aromatic heterocycles. The summed E-state index contributed by atoms with van der Waals surface area (Å²) in [5, 5.41) is 13.3. The molecule has 2 aromatic rings. The zero-order chi connectivity index (χ0) is 15.0. The molecule has 5 heteroatoms. The Kier molecular flexibility index (Phi) is 3.43. The summed E-state index contributed by atoms with van der Waals surface area (Å²) in [6, 6.07) is 6.97. The van der Waals surface area contributed by atoms with Gasteiger partial charge < -0.3 is 19.6 Å². The maximum Gasteiger partial charge on any atom is 0.255 e. The number of carbonyl (C=O) groups is 1. The lowest BCUT2D eigenvalue weighted by molar-refractivity contribution is 0.0957. The summed E-state index contributed by atoms with van der Waals surface area (Å²) in [6.45, 7) is 4.57. The highest BCUT2D eigenvalue weighted by Crippen LogP contribution is 2.30. The number of aliphatic hydroxyl groups is 1. The second kappa shape index (κ2) is 5.26. The van der Waals surface area contributed by atoms with Crippen molar-refractivity contribution in [3.8, 4) is 5.75 Å². The predicted octanol–water partition coefficient (Wildman–Crippen LogP) is 2.10. The Morgan fingerprint density at radius 3 is 2.81 bits per heavy atom. The van der Waals surface area contributed by atoms with E-state index < -0.39 is 6.10 Å². The number of rotatable bonds is 2. The second-order valence-corrected chi connectivity index (χ2v) is 5.13. The van der Waals surface area contributed by atoms with E-state index in [1.807, 2.05) is 19.9 Å². The first kappa shape index (κ1) is 13.7. The molecular weight excluding hydrogens is 270 g/mol. The molecule has 0 spiro atoms. The normalized spacial score (nSPS) is 15.7. The smallest absolute Gasteiger partial charge is 0.255 e. The average molecular weight is 287 g/mol. The zero-order valence-corrected chi connectivity index (χ0v) is 12.0. The first-order valence-electron chi connectivity index (χ1n) is 6.86. The van der Waals surface area contributed by atoms with Gasteiger partial charge in [0.2, 0.25) is 0 Å². The van der Waals surface area contributed by atoms with Crippen LogP contribution in [0.5, 0.6) is 5.75 Å². The van der Waals surface area contributed by atoms with Crippen molar-refractivity contribution in [3.05, 3.63) is 52.5 Å². The van der Waals surface area contributed by atoms with E-state index in [-0.39, 0.29) is 5.91 Å². The van der Waals surface area contributed by atoms with E-state index in [9.17, 15) is 9.90 Å². The third kappa shape index (κ3) is 2.52. The summed E-state index contributed by atoms with van der Waals surface area (Å²) in [6.07, 6.45) is -0.830. The van der Waals surface area contributed by atoms with Crippen LogP contribution in [0.1, 0.15) is 39.1 Å². The largest absolute Gasteiger partial charge is 0.491 e. The number of benzene rings is 1. The molecule has 1 aliphatic rings. The van der Waals surface area contributed by atoms with E-state index in [4.69, 9.17) is 9.15 Å². The quantitative estimate of drug-likeness (QED) is 0.887. The van der Waals surface area contributed by atoms with Crippen molar-refractivity contribution < 1.29 is 19.1 Å². The van der Waals surface area contributed by atoms with Gasteiger partial charge in [-0.05, 0) is 37.6 Å². The van der Waals surface area contributed by atoms with Gasteiger partial charge in [0.05, 0.1) is 12.1 Å². The molecule has 0 bridgehead atoms. The molecule has 2 N–H and O–H groups in total. The van der Waals surface area contributed by atoms with Gasteiger partial charge in [-0.3, -0.25) is 4.79 Å². The Labute approximate surface area is 122 Å². The highest BCUT2D eigenvalue weighted by molar-refractivity contribution is 5.97. The maximum absolute atomic E-state index is 12.0. The third-order valence-electron chi connectivity index (χ3n) is 3.58. The molecule has 1 unspecified atom stereocenters. The molecule has 1 aliphatic heterocycles. The van der Waals surface area contributed by atoms with Crippen LogP contribution in [-0.4, -0.2) is 24.2 Å². The van der Waals surface area contributed by atoms with Crippen LogP contribution in [0, 0.1) is 13.8 Å². The van der Waals surface area contributed by atoms with E-state index in [1.54, 1.807) is 18.2 Å². The molecule has 3 rings (SSSR count). The number of ether oxygens (including phenoxy) is 1. The lowest BCUT2D eigenvalue weighted by Gasteiger charge is -2.13. The fourth-order valence-corrected chi connectivity index (χ4v) is 2.54. The van der Waals surface area contributed by atoms with Crippen LogP contribution in [0.25, 0.3) is 0 Å². The van der Waals surface area contributed by atoms with Crippen LogP contribution in [0.2, 0.25) is 0 Å². The van der Waals surface area contributed by atoms with Crippen molar-refractivity contribution in [2.75, 3.05) is 13.2 Å². The summed E-state index contributed by atoms with van der Waals surface area (Å²) < 4.78 is 11.0. The number of amides is 1. The number of hydrogen-bond acceptors (Lipinski definition) is 4. The van der Waals surface area contributed by atoms with Crippen LogP contribution in [0.3, 0.4) is 0 Å². The van der Waals surface area contributed by atoms with Crippen molar-refractivity contribution in [3.63, 3.8) is 0 Å². The highest BCUT2D eigenvalue weighted by Gasteiger charge is 2.21. The highest BCUT2D eigenvalue weighted by atomic mass is 16.5. The predicted molar refractivity (Wildman–Crippen MR) is 76.5 cm³/mol. The van der Waals surface area contributed by atoms with Gasteiger partial charge in [-0.2, -0.15) is 0 Å². The van der Waals surface area contributed by atoms with Gasteiger partial charge in [0.1, 0.15) is 30.0 Å². The minimum absolute atomic E-state index is 0.184. The Hall–Kier alpha value is -2.27. The van der Waals surface area contributed by atoms with Crippen molar-refractivity contribution in [2.24, 2.45) is 0 Å². The first-order valence-corrected chi connectivity index (χ1v) is 6.86. The Balaban J connectivity index is 2.00. The second-order valence-electron chi connectivity index (χ2n) is 5.13. The topological polar surface area (TPSA) is 71.7 Å². The van der Waals surface area contributed by atoms with Gasteiger partial charge in [0.15, 0.2) is 0 Å². The van der Waals surface area contributed by atoms with Crippen LogP contribution in [-0.2, 0) is 0 Å². The molecule has 0 aliphatic carbocycles. The van der Waals surface area contributed by atoms with E-state index >= 15 is 0 Å². The van der Waals surface area contributed by atoms with E-state index in [1.165, 1.54) is 0 Å². The van der Waals surface area contributed by atoms with Gasteiger partial charge in [-0.1, -0.05) is 6.07 Å². The number of fused-ring (bicyclic) bond motifs is 1. The van der Waals surface area contributed by atoms with Crippen LogP contribution in [0.15, 0.2) is 28.7 Å². The SMILES string of the molecule is Cc1cc(C(O)c2ccc3c(c2)C(=O)NCCO3)c(C)o1. The number of nitrogens with one attached hydrogen (secondary N) is 1. The minimum Gasteiger partial charge on any atom is -0.491 e. The number of aryl methyl sites for hydroxylation is 2. The summed E-state index contributed by atoms with van der Waals surface area (Å²) in [5.41, 5.74) is 1.79. The fourth-order valence-electron chi connectivity index (χ4n) is 2.54.